The normalized spacial score (nSPS) is 24.5. The summed E-state index contributed by atoms with van der Waals surface area (Å²) in [5.74, 6) is 0.752. The van der Waals surface area contributed by atoms with Crippen molar-refractivity contribution in [3.05, 3.63) is 0 Å². The number of primary sulfonamides is 1. The summed E-state index contributed by atoms with van der Waals surface area (Å²) in [6.45, 7) is 3.75. The third kappa shape index (κ3) is 2.95. The van der Waals surface area contributed by atoms with Crippen LogP contribution in [0.5, 0.6) is 0 Å². The van der Waals surface area contributed by atoms with Crippen LogP contribution in [0.15, 0.2) is 0 Å². The van der Waals surface area contributed by atoms with Crippen molar-refractivity contribution in [2.24, 2.45) is 17.0 Å². The van der Waals surface area contributed by atoms with Gasteiger partial charge in [0.2, 0.25) is 10.0 Å². The van der Waals surface area contributed by atoms with Crippen LogP contribution < -0.4 is 5.14 Å². The Hall–Kier alpha value is -0.0900. The SMILES string of the molecule is CC(C1CCCCC1)C(C)S(N)(=O)=O. The van der Waals surface area contributed by atoms with Crippen molar-refractivity contribution in [2.75, 3.05) is 0 Å². The van der Waals surface area contributed by atoms with E-state index < -0.39 is 15.3 Å². The van der Waals surface area contributed by atoms with Gasteiger partial charge in [-0.25, -0.2) is 13.6 Å². The minimum Gasteiger partial charge on any atom is -0.228 e. The quantitative estimate of drug-likeness (QED) is 0.788. The van der Waals surface area contributed by atoms with E-state index in [2.05, 4.69) is 0 Å². The zero-order valence-electron chi connectivity index (χ0n) is 9.07. The van der Waals surface area contributed by atoms with Crippen molar-refractivity contribution in [1.29, 1.82) is 0 Å². The van der Waals surface area contributed by atoms with Crippen molar-refractivity contribution in [1.82, 2.24) is 0 Å². The van der Waals surface area contributed by atoms with Crippen molar-refractivity contribution in [3.63, 3.8) is 0 Å². The molecule has 3 nitrogen and oxygen atoms in total. The van der Waals surface area contributed by atoms with Gasteiger partial charge in [-0.05, 0) is 18.8 Å². The summed E-state index contributed by atoms with van der Waals surface area (Å²) in [5, 5.41) is 4.76. The zero-order valence-corrected chi connectivity index (χ0v) is 9.89. The molecule has 4 heteroatoms. The third-order valence-corrected chi connectivity index (χ3v) is 5.12. The molecule has 0 heterocycles. The summed E-state index contributed by atoms with van der Waals surface area (Å²) in [7, 11) is -3.35. The summed E-state index contributed by atoms with van der Waals surface area (Å²) in [4.78, 5) is 0. The molecular formula is C10H21NO2S. The lowest BCUT2D eigenvalue weighted by molar-refractivity contribution is 0.259. The zero-order chi connectivity index (χ0) is 10.8. The van der Waals surface area contributed by atoms with E-state index in [0.29, 0.717) is 5.92 Å². The average molecular weight is 219 g/mol. The Morgan fingerprint density at radius 3 is 2.07 bits per heavy atom. The average Bonchev–Trinajstić information content (AvgIpc) is 2.15. The Bertz CT molecular complexity index is 268. The van der Waals surface area contributed by atoms with Gasteiger partial charge in [0.05, 0.1) is 5.25 Å². The number of nitrogens with two attached hydrogens (primary N) is 1. The molecule has 1 aliphatic carbocycles. The van der Waals surface area contributed by atoms with Crippen LogP contribution in [0, 0.1) is 11.8 Å². The summed E-state index contributed by atoms with van der Waals surface area (Å²) in [5.41, 5.74) is 0. The molecule has 0 aromatic rings. The van der Waals surface area contributed by atoms with Crippen LogP contribution in [-0.4, -0.2) is 13.7 Å². The smallest absolute Gasteiger partial charge is 0.211 e. The van der Waals surface area contributed by atoms with Crippen LogP contribution in [0.4, 0.5) is 0 Å². The van der Waals surface area contributed by atoms with Crippen LogP contribution in [0.25, 0.3) is 0 Å². The minimum absolute atomic E-state index is 0.199. The molecule has 1 fully saturated rings. The first-order chi connectivity index (χ1) is 6.43. The molecule has 2 unspecified atom stereocenters. The van der Waals surface area contributed by atoms with Gasteiger partial charge >= 0.3 is 0 Å². The first-order valence-corrected chi connectivity index (χ1v) is 7.05. The lowest BCUT2D eigenvalue weighted by Gasteiger charge is -2.30. The molecule has 0 amide bonds. The van der Waals surface area contributed by atoms with E-state index in [1.54, 1.807) is 6.92 Å². The van der Waals surface area contributed by atoms with Crippen molar-refractivity contribution in [3.8, 4) is 0 Å². The van der Waals surface area contributed by atoms with Gasteiger partial charge in [-0.1, -0.05) is 39.0 Å². The third-order valence-electron chi connectivity index (χ3n) is 3.65. The molecule has 2 N–H and O–H groups in total. The van der Waals surface area contributed by atoms with Crippen molar-refractivity contribution >= 4 is 10.0 Å². The highest BCUT2D eigenvalue weighted by Crippen LogP contribution is 2.32. The van der Waals surface area contributed by atoms with Crippen LogP contribution in [0.1, 0.15) is 46.0 Å². The molecule has 14 heavy (non-hydrogen) atoms. The summed E-state index contributed by atoms with van der Waals surface area (Å²) < 4.78 is 22.4. The van der Waals surface area contributed by atoms with Crippen LogP contribution in [-0.2, 0) is 10.0 Å². The Morgan fingerprint density at radius 2 is 1.64 bits per heavy atom. The van der Waals surface area contributed by atoms with E-state index >= 15 is 0 Å². The van der Waals surface area contributed by atoms with E-state index in [4.69, 9.17) is 5.14 Å². The van der Waals surface area contributed by atoms with Crippen LogP contribution >= 0.6 is 0 Å². The molecule has 0 saturated heterocycles. The second-order valence-corrected chi connectivity index (χ2v) is 6.47. The standard InChI is InChI=1S/C10H21NO2S/c1-8(9(2)14(11,12)13)10-6-4-3-5-7-10/h8-10H,3-7H2,1-2H3,(H2,11,12,13). The Labute approximate surface area is 87.1 Å². The maximum absolute atomic E-state index is 11.2. The first-order valence-electron chi connectivity index (χ1n) is 5.44. The van der Waals surface area contributed by atoms with Crippen LogP contribution in [0.3, 0.4) is 0 Å². The molecule has 1 rings (SSSR count). The predicted molar refractivity (Wildman–Crippen MR) is 58.3 cm³/mol. The fraction of sp³-hybridized carbons (Fsp3) is 1.00. The highest BCUT2D eigenvalue weighted by Gasteiger charge is 2.30. The Morgan fingerprint density at radius 1 is 1.14 bits per heavy atom. The topological polar surface area (TPSA) is 60.2 Å². The molecule has 0 spiro atoms. The molecule has 0 aromatic carbocycles. The summed E-state index contributed by atoms with van der Waals surface area (Å²) in [6.07, 6.45) is 6.12. The highest BCUT2D eigenvalue weighted by atomic mass is 32.2. The number of rotatable bonds is 3. The Kier molecular flexibility index (Phi) is 3.95. The molecular weight excluding hydrogens is 198 g/mol. The maximum atomic E-state index is 11.2. The van der Waals surface area contributed by atoms with Gasteiger partial charge in [-0.15, -0.1) is 0 Å². The van der Waals surface area contributed by atoms with E-state index in [-0.39, 0.29) is 5.92 Å². The lowest BCUT2D eigenvalue weighted by atomic mass is 9.80. The first kappa shape index (κ1) is 12.0. The summed E-state index contributed by atoms with van der Waals surface area (Å²) in [6, 6.07) is 0. The second-order valence-electron chi connectivity index (χ2n) is 4.55. The van der Waals surface area contributed by atoms with E-state index in [9.17, 15) is 8.42 Å². The van der Waals surface area contributed by atoms with Gasteiger partial charge in [0.1, 0.15) is 0 Å². The van der Waals surface area contributed by atoms with E-state index in [1.807, 2.05) is 6.92 Å². The van der Waals surface area contributed by atoms with Gasteiger partial charge in [0.15, 0.2) is 0 Å². The molecule has 2 atom stereocenters. The lowest BCUT2D eigenvalue weighted by Crippen LogP contribution is -2.35. The molecule has 84 valence electrons. The molecule has 1 aliphatic rings. The van der Waals surface area contributed by atoms with Gasteiger partial charge in [0.25, 0.3) is 0 Å². The van der Waals surface area contributed by atoms with Crippen molar-refractivity contribution in [2.45, 2.75) is 51.2 Å². The molecule has 1 saturated carbocycles. The molecule has 0 aliphatic heterocycles. The monoisotopic (exact) mass is 219 g/mol. The predicted octanol–water partition coefficient (Wildman–Crippen LogP) is 1.88. The molecule has 0 aromatic heterocycles. The number of hydrogen-bond donors (Lipinski definition) is 1. The summed E-state index contributed by atoms with van der Waals surface area (Å²) >= 11 is 0. The van der Waals surface area contributed by atoms with Crippen LogP contribution in [0.2, 0.25) is 0 Å². The molecule has 0 bridgehead atoms. The van der Waals surface area contributed by atoms with Gasteiger partial charge < -0.3 is 0 Å². The molecule has 0 radical (unpaired) electrons. The van der Waals surface area contributed by atoms with Crippen molar-refractivity contribution < 1.29 is 8.42 Å². The van der Waals surface area contributed by atoms with E-state index in [0.717, 1.165) is 0 Å². The van der Waals surface area contributed by atoms with Gasteiger partial charge in [-0.3, -0.25) is 0 Å². The fourth-order valence-electron chi connectivity index (χ4n) is 2.34. The number of sulfonamides is 1. The minimum atomic E-state index is -3.35. The highest BCUT2D eigenvalue weighted by molar-refractivity contribution is 7.89. The second kappa shape index (κ2) is 4.62. The fourth-order valence-corrected chi connectivity index (χ4v) is 3.16. The van der Waals surface area contributed by atoms with Gasteiger partial charge in [0, 0.05) is 0 Å². The largest absolute Gasteiger partial charge is 0.228 e. The van der Waals surface area contributed by atoms with Gasteiger partial charge in [-0.2, -0.15) is 0 Å². The maximum Gasteiger partial charge on any atom is 0.211 e. The Balaban J connectivity index is 2.59. The van der Waals surface area contributed by atoms with E-state index in [1.165, 1.54) is 32.1 Å². The number of hydrogen-bond acceptors (Lipinski definition) is 2.